The Morgan fingerprint density at radius 1 is 0.404 bits per heavy atom. The van der Waals surface area contributed by atoms with Gasteiger partial charge in [-0.1, -0.05) is 0 Å². The molecule has 1 heteroatoms. The maximum absolute atomic E-state index is 3.81. The molecule has 57 heavy (non-hydrogen) atoms. The predicted molar refractivity (Wildman–Crippen MR) is 246 cm³/mol. The van der Waals surface area contributed by atoms with Gasteiger partial charge >= 0.3 is 356 Å². The van der Waals surface area contributed by atoms with Crippen molar-refractivity contribution in [1.82, 2.24) is 0 Å². The van der Waals surface area contributed by atoms with Crippen LogP contribution in [-0.2, 0) is 41.6 Å². The Labute approximate surface area is 353 Å². The van der Waals surface area contributed by atoms with Crippen LogP contribution in [0, 0.1) is 11.8 Å². The second-order valence-corrected chi connectivity index (χ2v) is 39.1. The van der Waals surface area contributed by atoms with Gasteiger partial charge in [-0.05, 0) is 0 Å². The summed E-state index contributed by atoms with van der Waals surface area (Å²) < 4.78 is 9.52. The normalized spacial score (nSPS) is 20.7. The molecule has 4 aromatic rings. The van der Waals surface area contributed by atoms with Crippen molar-refractivity contribution in [3.8, 4) is 22.3 Å². The Morgan fingerprint density at radius 2 is 0.737 bits per heavy atom. The van der Waals surface area contributed by atoms with Crippen LogP contribution in [0.1, 0.15) is 204 Å². The SMILES string of the molecule is CC(C)(C)c1ccc2c(c1)C(C1CCCCC1)c1c-2ccc(C(C)(C)C)[c]1[Hf]([CH3])([CH3])[c]1c(C(C)(C)C)ccc2c1C(C1CCCCC1)c1cc(C(C)(C)C)ccc1-2. The first-order valence-electron chi connectivity index (χ1n) is 23.3. The van der Waals surface area contributed by atoms with Crippen LogP contribution in [0.5, 0.6) is 0 Å². The molecule has 0 heterocycles. The topological polar surface area (TPSA) is 0 Å². The van der Waals surface area contributed by atoms with E-state index in [9.17, 15) is 0 Å². The van der Waals surface area contributed by atoms with E-state index in [0.717, 1.165) is 0 Å². The standard InChI is InChI=1S/2C27H35.2CH3.Hf/c2*1-26(2,3)19-12-14-21-22-15-13-20(27(4,5)6)17-24(22)25(23(21)16-19)18-10-8-7-9-11-18;;;/h2*12-16,18,25H,7-11H2,1-6H3;2*1H3;. The molecule has 0 nitrogen and oxygen atoms in total. The van der Waals surface area contributed by atoms with Crippen molar-refractivity contribution < 1.29 is 20.0 Å². The summed E-state index contributed by atoms with van der Waals surface area (Å²) in [4.78, 5) is 0. The molecule has 8 rings (SSSR count). The van der Waals surface area contributed by atoms with Gasteiger partial charge in [-0.3, -0.25) is 0 Å². The molecule has 2 fully saturated rings. The first-order chi connectivity index (χ1) is 26.6. The third-order valence-electron chi connectivity index (χ3n) is 15.3. The van der Waals surface area contributed by atoms with E-state index in [-0.39, 0.29) is 21.7 Å². The predicted octanol–water partition coefficient (Wildman–Crippen LogP) is 15.5. The van der Waals surface area contributed by atoms with Crippen molar-refractivity contribution in [2.24, 2.45) is 11.8 Å². The molecular weight excluding hydrogens is 851 g/mol. The third kappa shape index (κ3) is 7.16. The average Bonchev–Trinajstić information content (AvgIpc) is 3.65. The third-order valence-corrected chi connectivity index (χ3v) is 28.2. The van der Waals surface area contributed by atoms with E-state index in [1.165, 1.54) is 86.5 Å². The van der Waals surface area contributed by atoms with E-state index in [1.54, 1.807) is 44.5 Å². The molecule has 0 amide bonds. The molecule has 0 saturated heterocycles. The van der Waals surface area contributed by atoms with Crippen molar-refractivity contribution in [3.63, 3.8) is 0 Å². The molecule has 2 saturated carbocycles. The number of rotatable bonds is 4. The van der Waals surface area contributed by atoms with Gasteiger partial charge in [-0.25, -0.2) is 0 Å². The van der Waals surface area contributed by atoms with Crippen LogP contribution in [-0.4, -0.2) is 0 Å². The summed E-state index contributed by atoms with van der Waals surface area (Å²) in [7, 11) is 0. The van der Waals surface area contributed by atoms with Crippen LogP contribution in [0.3, 0.4) is 0 Å². The van der Waals surface area contributed by atoms with Crippen molar-refractivity contribution in [3.05, 3.63) is 105 Å². The molecule has 0 aliphatic heterocycles. The molecule has 4 aliphatic rings. The molecule has 0 N–H and O–H groups in total. The summed E-state index contributed by atoms with van der Waals surface area (Å²) in [6.45, 7) is 29.6. The first kappa shape index (κ1) is 41.5. The fraction of sp³-hybridized carbons (Fsp3) is 0.571. The van der Waals surface area contributed by atoms with Gasteiger partial charge in [0, 0.05) is 0 Å². The molecule has 2 unspecified atom stereocenters. The van der Waals surface area contributed by atoms with Crippen LogP contribution >= 0.6 is 0 Å². The first-order valence-corrected chi connectivity index (χ1v) is 34.0. The van der Waals surface area contributed by atoms with Crippen LogP contribution in [0.4, 0.5) is 0 Å². The fourth-order valence-corrected chi connectivity index (χ4v) is 28.3. The zero-order chi connectivity index (χ0) is 41.0. The quantitative estimate of drug-likeness (QED) is 0.179. The van der Waals surface area contributed by atoms with E-state index in [1.807, 2.05) is 6.64 Å². The molecule has 0 spiro atoms. The molecule has 0 aromatic heterocycles. The van der Waals surface area contributed by atoms with Crippen molar-refractivity contribution >= 4 is 6.64 Å². The van der Waals surface area contributed by atoms with Gasteiger partial charge in [0.2, 0.25) is 0 Å². The fourth-order valence-electron chi connectivity index (χ4n) is 12.4. The molecule has 304 valence electrons. The van der Waals surface area contributed by atoms with Crippen LogP contribution in [0.15, 0.2) is 60.7 Å². The summed E-state index contributed by atoms with van der Waals surface area (Å²) in [5.41, 5.74) is 19.7. The minimum absolute atomic E-state index is 0.0529. The summed E-state index contributed by atoms with van der Waals surface area (Å²) in [5, 5.41) is 0. The second-order valence-electron chi connectivity index (χ2n) is 23.9. The average molecular weight is 928 g/mol. The number of hydrogen-bond donors (Lipinski definition) is 0. The maximum atomic E-state index is 2.89. The van der Waals surface area contributed by atoms with Crippen LogP contribution in [0.2, 0.25) is 9.36 Å². The number of benzene rings is 4. The Kier molecular flexibility index (Phi) is 10.5. The summed E-state index contributed by atoms with van der Waals surface area (Å²) in [5.74, 6) is 2.41. The molecule has 0 bridgehead atoms. The van der Waals surface area contributed by atoms with Crippen molar-refractivity contribution in [2.45, 2.75) is 190 Å². The van der Waals surface area contributed by atoms with Crippen LogP contribution in [0.25, 0.3) is 22.3 Å². The Bertz CT molecular complexity index is 2010. The van der Waals surface area contributed by atoms with E-state index in [0.29, 0.717) is 23.7 Å². The second kappa shape index (κ2) is 14.4. The van der Waals surface area contributed by atoms with Gasteiger partial charge in [0.1, 0.15) is 0 Å². The van der Waals surface area contributed by atoms with E-state index >= 15 is 0 Å². The van der Waals surface area contributed by atoms with Gasteiger partial charge in [0.25, 0.3) is 0 Å². The molecular formula is C56H76Hf. The number of fused-ring (bicyclic) bond motifs is 6. The van der Waals surface area contributed by atoms with Gasteiger partial charge in [-0.15, -0.1) is 0 Å². The minimum atomic E-state index is -3.81. The summed E-state index contributed by atoms with van der Waals surface area (Å²) >= 11 is -3.81. The zero-order valence-corrected chi connectivity index (χ0v) is 42.2. The van der Waals surface area contributed by atoms with Crippen molar-refractivity contribution in [2.75, 3.05) is 0 Å². The number of hydrogen-bond acceptors (Lipinski definition) is 0. The Morgan fingerprint density at radius 3 is 1.05 bits per heavy atom. The van der Waals surface area contributed by atoms with E-state index < -0.39 is 20.0 Å². The molecule has 0 radical (unpaired) electrons. The molecule has 4 aromatic carbocycles. The molecule has 4 aliphatic carbocycles. The van der Waals surface area contributed by atoms with E-state index in [2.05, 4.69) is 153 Å². The van der Waals surface area contributed by atoms with Crippen molar-refractivity contribution in [1.29, 1.82) is 0 Å². The van der Waals surface area contributed by atoms with Gasteiger partial charge in [0.15, 0.2) is 0 Å². The van der Waals surface area contributed by atoms with Gasteiger partial charge in [0.05, 0.1) is 0 Å². The Hall–Kier alpha value is -2.25. The summed E-state index contributed by atoms with van der Waals surface area (Å²) in [6.07, 6.45) is 13.8. The van der Waals surface area contributed by atoms with E-state index in [4.69, 9.17) is 0 Å². The van der Waals surface area contributed by atoms with Crippen LogP contribution < -0.4 is 6.64 Å². The van der Waals surface area contributed by atoms with Gasteiger partial charge in [-0.2, -0.15) is 0 Å². The zero-order valence-electron chi connectivity index (χ0n) is 38.7. The van der Waals surface area contributed by atoms with Gasteiger partial charge < -0.3 is 0 Å². The summed E-state index contributed by atoms with van der Waals surface area (Å²) in [6, 6.07) is 25.8. The molecule has 2 atom stereocenters. The monoisotopic (exact) mass is 929 g/mol. The Balaban J connectivity index is 1.46.